The van der Waals surface area contributed by atoms with Gasteiger partial charge < -0.3 is 9.80 Å². The van der Waals surface area contributed by atoms with Gasteiger partial charge in [0, 0.05) is 41.9 Å². The average Bonchev–Trinajstić information content (AvgIpc) is 3.23. The summed E-state index contributed by atoms with van der Waals surface area (Å²) < 4.78 is 50.2. The number of hydrogen-bond acceptors (Lipinski definition) is 8. The van der Waals surface area contributed by atoms with E-state index in [0.717, 1.165) is 43.0 Å². The molecule has 1 fully saturated rings. The normalized spacial score (nSPS) is 19.5. The summed E-state index contributed by atoms with van der Waals surface area (Å²) in [5.41, 5.74) is 3.06. The summed E-state index contributed by atoms with van der Waals surface area (Å²) in [5.74, 6) is -1.66. The van der Waals surface area contributed by atoms with Crippen molar-refractivity contribution in [2.24, 2.45) is 0 Å². The molecular formula is C28H34N4O7S2. The van der Waals surface area contributed by atoms with E-state index in [9.17, 15) is 31.2 Å². The minimum Gasteiger partial charge on any atom is -0.342 e. The molecule has 2 aromatic carbocycles. The van der Waals surface area contributed by atoms with E-state index in [-0.39, 0.29) is 29.0 Å². The Balaban J connectivity index is 1.57. The van der Waals surface area contributed by atoms with Crippen LogP contribution in [0.1, 0.15) is 75.7 Å². The molecule has 2 unspecified atom stereocenters. The summed E-state index contributed by atoms with van der Waals surface area (Å²) >= 11 is 0. The highest BCUT2D eigenvalue weighted by atomic mass is 32.2. The first-order valence-corrected chi connectivity index (χ1v) is 16.9. The zero-order valence-corrected chi connectivity index (χ0v) is 25.0. The van der Waals surface area contributed by atoms with E-state index in [1.54, 1.807) is 41.3 Å². The van der Waals surface area contributed by atoms with E-state index in [0.29, 0.717) is 24.3 Å². The van der Waals surface area contributed by atoms with Crippen LogP contribution < -0.4 is 14.3 Å². The summed E-state index contributed by atoms with van der Waals surface area (Å²) in [6, 6.07) is 11.4. The van der Waals surface area contributed by atoms with Gasteiger partial charge in [0.1, 0.15) is 0 Å². The van der Waals surface area contributed by atoms with Crippen molar-refractivity contribution in [2.75, 3.05) is 30.5 Å². The van der Waals surface area contributed by atoms with Gasteiger partial charge in [-0.3, -0.25) is 14.4 Å². The number of rotatable bonds is 7. The lowest BCUT2D eigenvalue weighted by molar-refractivity contribution is 0.0706. The van der Waals surface area contributed by atoms with E-state index >= 15 is 0 Å². The fourth-order valence-electron chi connectivity index (χ4n) is 5.35. The Morgan fingerprint density at radius 2 is 1.49 bits per heavy atom. The van der Waals surface area contributed by atoms with Gasteiger partial charge in [0.2, 0.25) is 20.0 Å². The van der Waals surface area contributed by atoms with Crippen LogP contribution in [0.15, 0.2) is 54.2 Å². The van der Waals surface area contributed by atoms with Crippen LogP contribution in [-0.4, -0.2) is 71.1 Å². The number of benzene rings is 2. The number of allylic oxidation sites excluding steroid dienone is 1. The van der Waals surface area contributed by atoms with E-state index < -0.39 is 31.9 Å². The molecule has 2 heterocycles. The Kier molecular flexibility index (Phi) is 8.59. The van der Waals surface area contributed by atoms with Crippen LogP contribution in [0.5, 0.6) is 0 Å². The molecule has 220 valence electrons. The molecule has 1 saturated heterocycles. The highest BCUT2D eigenvalue weighted by Gasteiger charge is 2.30. The minimum absolute atomic E-state index is 0.0165. The van der Waals surface area contributed by atoms with Crippen LogP contribution in [0.2, 0.25) is 0 Å². The van der Waals surface area contributed by atoms with Crippen molar-refractivity contribution in [1.82, 2.24) is 14.3 Å². The van der Waals surface area contributed by atoms with Crippen molar-refractivity contribution in [2.45, 2.75) is 45.1 Å². The third-order valence-corrected chi connectivity index (χ3v) is 8.35. The standard InChI is InChI=1S/C28H34N4O7S2/c1-18-7-8-19(2)32(18)25-16-22(13-14-24(25)27(34)30-41(4,38)39)28(35)31-15-5-6-23(17-31)20-9-11-21(12-10-20)26(33)29-40(3,36)37/h7,9-14,16,19,23H,5-6,8,15,17H2,1-4H3,(H,29,33)(H,30,34). The number of anilines is 1. The molecule has 13 heteroatoms. The van der Waals surface area contributed by atoms with Gasteiger partial charge in [0.05, 0.1) is 23.8 Å². The van der Waals surface area contributed by atoms with E-state index in [1.807, 2.05) is 34.3 Å². The molecule has 2 atom stereocenters. The highest BCUT2D eigenvalue weighted by molar-refractivity contribution is 7.89. The number of carbonyl (C=O) groups excluding carboxylic acids is 3. The maximum absolute atomic E-state index is 13.7. The summed E-state index contributed by atoms with van der Waals surface area (Å²) in [7, 11) is -7.46. The topological polar surface area (TPSA) is 150 Å². The summed E-state index contributed by atoms with van der Waals surface area (Å²) in [4.78, 5) is 42.4. The Labute approximate surface area is 240 Å². The first-order chi connectivity index (χ1) is 19.1. The van der Waals surface area contributed by atoms with Crippen molar-refractivity contribution < 1.29 is 31.2 Å². The number of hydrogen-bond donors (Lipinski definition) is 2. The Hall–Kier alpha value is -3.71. The van der Waals surface area contributed by atoms with Gasteiger partial charge in [-0.05, 0) is 69.0 Å². The molecule has 0 bridgehead atoms. The largest absolute Gasteiger partial charge is 0.342 e. The molecule has 0 spiro atoms. The molecule has 0 radical (unpaired) electrons. The first-order valence-electron chi connectivity index (χ1n) is 13.2. The Morgan fingerprint density at radius 1 is 0.878 bits per heavy atom. The van der Waals surface area contributed by atoms with Crippen LogP contribution in [0.4, 0.5) is 5.69 Å². The predicted molar refractivity (Wildman–Crippen MR) is 156 cm³/mol. The van der Waals surface area contributed by atoms with Crippen LogP contribution in [0.3, 0.4) is 0 Å². The molecule has 2 aliphatic rings. The van der Waals surface area contributed by atoms with E-state index in [4.69, 9.17) is 0 Å². The minimum atomic E-state index is -3.79. The van der Waals surface area contributed by atoms with Crippen LogP contribution in [0, 0.1) is 0 Å². The molecule has 3 amide bonds. The van der Waals surface area contributed by atoms with Crippen molar-refractivity contribution in [3.05, 3.63) is 76.5 Å². The zero-order chi connectivity index (χ0) is 30.1. The molecular weight excluding hydrogens is 568 g/mol. The third kappa shape index (κ3) is 7.33. The second-order valence-electron chi connectivity index (χ2n) is 10.7. The van der Waals surface area contributed by atoms with Gasteiger partial charge in [-0.15, -0.1) is 0 Å². The number of piperidine rings is 1. The third-order valence-electron chi connectivity index (χ3n) is 7.23. The fraction of sp³-hybridized carbons (Fsp3) is 0.393. The molecule has 0 aromatic heterocycles. The summed E-state index contributed by atoms with van der Waals surface area (Å²) in [6.45, 7) is 4.89. The molecule has 2 aromatic rings. The number of amides is 3. The van der Waals surface area contributed by atoms with E-state index in [2.05, 4.69) is 0 Å². The van der Waals surface area contributed by atoms with Crippen molar-refractivity contribution >= 4 is 43.5 Å². The van der Waals surface area contributed by atoms with Gasteiger partial charge in [-0.1, -0.05) is 18.2 Å². The first kappa shape index (κ1) is 30.3. The van der Waals surface area contributed by atoms with Crippen LogP contribution >= 0.6 is 0 Å². The van der Waals surface area contributed by atoms with Crippen molar-refractivity contribution in [3.63, 3.8) is 0 Å². The number of sulfonamides is 2. The summed E-state index contributed by atoms with van der Waals surface area (Å²) in [5, 5.41) is 0. The molecule has 2 N–H and O–H groups in total. The van der Waals surface area contributed by atoms with Crippen molar-refractivity contribution in [3.8, 4) is 0 Å². The van der Waals surface area contributed by atoms with Crippen LogP contribution in [-0.2, 0) is 20.0 Å². The Bertz CT molecular complexity index is 1620. The average molecular weight is 603 g/mol. The summed E-state index contributed by atoms with van der Waals surface area (Å²) in [6.07, 6.45) is 6.21. The maximum Gasteiger partial charge on any atom is 0.266 e. The number of nitrogens with one attached hydrogen (secondary N) is 2. The highest BCUT2D eigenvalue weighted by Crippen LogP contribution is 2.34. The fourth-order valence-corrected chi connectivity index (χ4v) is 6.25. The lowest BCUT2D eigenvalue weighted by Crippen LogP contribution is -2.39. The van der Waals surface area contributed by atoms with E-state index in [1.165, 1.54) is 6.07 Å². The molecule has 41 heavy (non-hydrogen) atoms. The van der Waals surface area contributed by atoms with Gasteiger partial charge in [0.15, 0.2) is 0 Å². The predicted octanol–water partition coefficient (Wildman–Crippen LogP) is 2.59. The quantitative estimate of drug-likeness (QED) is 0.491. The lowest BCUT2D eigenvalue weighted by atomic mass is 9.89. The molecule has 2 aliphatic heterocycles. The lowest BCUT2D eigenvalue weighted by Gasteiger charge is -2.34. The SMILES string of the molecule is CC1=CCC(C)N1c1cc(C(=O)N2CCCC(c3ccc(C(=O)NS(C)(=O)=O)cc3)C2)ccc1C(=O)NS(C)(=O)=O. The number of nitrogens with zero attached hydrogens (tertiary/aromatic N) is 2. The Morgan fingerprint density at radius 3 is 2.07 bits per heavy atom. The van der Waals surface area contributed by atoms with Gasteiger partial charge in [-0.2, -0.15) is 0 Å². The van der Waals surface area contributed by atoms with Crippen LogP contribution in [0.25, 0.3) is 0 Å². The van der Waals surface area contributed by atoms with Gasteiger partial charge in [-0.25, -0.2) is 26.3 Å². The second-order valence-corrected chi connectivity index (χ2v) is 14.1. The van der Waals surface area contributed by atoms with Gasteiger partial charge >= 0.3 is 0 Å². The maximum atomic E-state index is 13.7. The van der Waals surface area contributed by atoms with Crippen molar-refractivity contribution in [1.29, 1.82) is 0 Å². The zero-order valence-electron chi connectivity index (χ0n) is 23.4. The molecule has 0 aliphatic carbocycles. The number of likely N-dealkylation sites (tertiary alicyclic amines) is 1. The van der Waals surface area contributed by atoms with Gasteiger partial charge in [0.25, 0.3) is 17.7 Å². The monoisotopic (exact) mass is 602 g/mol. The molecule has 4 rings (SSSR count). The second kappa shape index (κ2) is 11.6. The molecule has 0 saturated carbocycles. The molecule has 11 nitrogen and oxygen atoms in total. The number of carbonyl (C=O) groups is 3. The smallest absolute Gasteiger partial charge is 0.266 e.